The molecule has 0 aliphatic heterocycles. The molecule has 140 valence electrons. The van der Waals surface area contributed by atoms with Crippen LogP contribution in [0.1, 0.15) is 30.0 Å². The minimum Gasteiger partial charge on any atom is -0.382 e. The van der Waals surface area contributed by atoms with Gasteiger partial charge in [0.05, 0.1) is 13.2 Å². The second kappa shape index (κ2) is 12.4. The van der Waals surface area contributed by atoms with Gasteiger partial charge in [0.25, 0.3) is 0 Å². The fraction of sp³-hybridized carbons (Fsp3) is 0.381. The lowest BCUT2D eigenvalue weighted by Crippen LogP contribution is -2.35. The van der Waals surface area contributed by atoms with Crippen molar-refractivity contribution >= 4 is 17.3 Å². The van der Waals surface area contributed by atoms with Gasteiger partial charge in [-0.2, -0.15) is 0 Å². The van der Waals surface area contributed by atoms with Crippen LogP contribution in [0.3, 0.4) is 0 Å². The molecule has 0 aliphatic carbocycles. The van der Waals surface area contributed by atoms with Gasteiger partial charge in [0.1, 0.15) is 0 Å². The van der Waals surface area contributed by atoms with Gasteiger partial charge in [-0.25, -0.2) is 0 Å². The van der Waals surface area contributed by atoms with E-state index < -0.39 is 0 Å². The van der Waals surface area contributed by atoms with Gasteiger partial charge in [0, 0.05) is 26.3 Å². The molecule has 0 bridgehead atoms. The van der Waals surface area contributed by atoms with Crippen LogP contribution in [-0.4, -0.2) is 24.9 Å². The Bertz CT molecular complexity index is 649. The third-order valence-corrected chi connectivity index (χ3v) is 4.17. The van der Waals surface area contributed by atoms with E-state index in [1.165, 1.54) is 16.7 Å². The maximum atomic E-state index is 5.87. The Hall–Kier alpha value is -1.95. The molecule has 2 aromatic carbocycles. The normalized spacial score (nSPS) is 10.5. The SMILES string of the molecule is CCOCCCNC(=S)NCc1ccccc1COCc1ccccc1. The number of hydrogen-bond acceptors (Lipinski definition) is 3. The molecule has 0 heterocycles. The van der Waals surface area contributed by atoms with Gasteiger partial charge < -0.3 is 20.1 Å². The first kappa shape index (κ1) is 20.4. The molecule has 0 saturated carbocycles. The van der Waals surface area contributed by atoms with Crippen LogP contribution in [0.25, 0.3) is 0 Å². The molecule has 2 aromatic rings. The molecular formula is C21H28N2O2S. The Balaban J connectivity index is 1.72. The molecule has 2 N–H and O–H groups in total. The molecule has 5 heteroatoms. The van der Waals surface area contributed by atoms with Crippen LogP contribution in [0.4, 0.5) is 0 Å². The van der Waals surface area contributed by atoms with E-state index in [0.29, 0.717) is 24.9 Å². The lowest BCUT2D eigenvalue weighted by atomic mass is 10.1. The van der Waals surface area contributed by atoms with Gasteiger partial charge in [0.15, 0.2) is 5.11 Å². The highest BCUT2D eigenvalue weighted by atomic mass is 32.1. The predicted octanol–water partition coefficient (Wildman–Crippen LogP) is 3.79. The van der Waals surface area contributed by atoms with Crippen LogP contribution in [0.5, 0.6) is 0 Å². The second-order valence-corrected chi connectivity index (χ2v) is 6.32. The summed E-state index contributed by atoms with van der Waals surface area (Å²) in [5.41, 5.74) is 3.55. The summed E-state index contributed by atoms with van der Waals surface area (Å²) in [5, 5.41) is 7.14. The Morgan fingerprint density at radius 1 is 0.885 bits per heavy atom. The van der Waals surface area contributed by atoms with Crippen molar-refractivity contribution in [1.82, 2.24) is 10.6 Å². The Kier molecular flexibility index (Phi) is 9.72. The third-order valence-electron chi connectivity index (χ3n) is 3.88. The molecule has 4 nitrogen and oxygen atoms in total. The summed E-state index contributed by atoms with van der Waals surface area (Å²) in [7, 11) is 0. The van der Waals surface area contributed by atoms with Crippen LogP contribution in [0.2, 0.25) is 0 Å². The summed E-state index contributed by atoms with van der Waals surface area (Å²) in [5.74, 6) is 0. The Morgan fingerprint density at radius 2 is 1.62 bits per heavy atom. The first-order chi connectivity index (χ1) is 12.8. The standard InChI is InChI=1S/C21H28N2O2S/c1-2-24-14-8-13-22-21(26)23-15-19-11-6-7-12-20(19)17-25-16-18-9-4-3-5-10-18/h3-7,9-12H,2,8,13-17H2,1H3,(H2,22,23,26). The minimum absolute atomic E-state index is 0.585. The van der Waals surface area contributed by atoms with E-state index in [1.54, 1.807) is 0 Å². The molecule has 0 atom stereocenters. The van der Waals surface area contributed by atoms with Gasteiger partial charge in [0.2, 0.25) is 0 Å². The Labute approximate surface area is 161 Å². The quantitative estimate of drug-likeness (QED) is 0.464. The maximum absolute atomic E-state index is 5.87. The van der Waals surface area contributed by atoms with Gasteiger partial charge in [-0.15, -0.1) is 0 Å². The van der Waals surface area contributed by atoms with Gasteiger partial charge in [-0.05, 0) is 42.3 Å². The lowest BCUT2D eigenvalue weighted by Gasteiger charge is -2.14. The van der Waals surface area contributed by atoms with Crippen LogP contribution >= 0.6 is 12.2 Å². The molecule has 2 rings (SSSR count). The van der Waals surface area contributed by atoms with E-state index in [9.17, 15) is 0 Å². The van der Waals surface area contributed by atoms with E-state index in [2.05, 4.69) is 34.9 Å². The van der Waals surface area contributed by atoms with Crippen molar-refractivity contribution < 1.29 is 9.47 Å². The first-order valence-corrected chi connectivity index (χ1v) is 9.48. The van der Waals surface area contributed by atoms with Crippen molar-refractivity contribution in [3.05, 3.63) is 71.3 Å². The van der Waals surface area contributed by atoms with Crippen molar-refractivity contribution in [3.63, 3.8) is 0 Å². The van der Waals surface area contributed by atoms with E-state index in [0.717, 1.165) is 26.2 Å². The zero-order chi connectivity index (χ0) is 18.5. The molecule has 0 aromatic heterocycles. The molecule has 0 radical (unpaired) electrons. The maximum Gasteiger partial charge on any atom is 0.166 e. The first-order valence-electron chi connectivity index (χ1n) is 9.07. The summed E-state index contributed by atoms with van der Waals surface area (Å²) in [4.78, 5) is 0. The number of nitrogens with one attached hydrogen (secondary N) is 2. The molecular weight excluding hydrogens is 344 g/mol. The summed E-state index contributed by atoms with van der Waals surface area (Å²) < 4.78 is 11.2. The Morgan fingerprint density at radius 3 is 2.38 bits per heavy atom. The molecule has 0 fully saturated rings. The highest BCUT2D eigenvalue weighted by Gasteiger charge is 2.03. The summed E-state index contributed by atoms with van der Waals surface area (Å²) >= 11 is 5.33. The number of hydrogen-bond donors (Lipinski definition) is 2. The largest absolute Gasteiger partial charge is 0.382 e. The van der Waals surface area contributed by atoms with Crippen LogP contribution in [0.15, 0.2) is 54.6 Å². The number of benzene rings is 2. The topological polar surface area (TPSA) is 42.5 Å². The van der Waals surface area contributed by atoms with E-state index in [1.807, 2.05) is 37.3 Å². The van der Waals surface area contributed by atoms with Crippen molar-refractivity contribution in [2.24, 2.45) is 0 Å². The zero-order valence-electron chi connectivity index (χ0n) is 15.4. The average molecular weight is 373 g/mol. The minimum atomic E-state index is 0.585. The van der Waals surface area contributed by atoms with E-state index in [4.69, 9.17) is 21.7 Å². The van der Waals surface area contributed by atoms with Crippen molar-refractivity contribution in [2.75, 3.05) is 19.8 Å². The molecule has 0 saturated heterocycles. The van der Waals surface area contributed by atoms with E-state index >= 15 is 0 Å². The summed E-state index contributed by atoms with van der Waals surface area (Å²) in [6.07, 6.45) is 0.944. The molecule has 0 amide bonds. The van der Waals surface area contributed by atoms with Gasteiger partial charge in [-0.1, -0.05) is 54.6 Å². The lowest BCUT2D eigenvalue weighted by molar-refractivity contribution is 0.106. The molecule has 26 heavy (non-hydrogen) atoms. The van der Waals surface area contributed by atoms with E-state index in [-0.39, 0.29) is 0 Å². The predicted molar refractivity (Wildman–Crippen MR) is 110 cm³/mol. The average Bonchev–Trinajstić information content (AvgIpc) is 2.68. The van der Waals surface area contributed by atoms with Crippen LogP contribution < -0.4 is 10.6 Å². The summed E-state index contributed by atoms with van der Waals surface area (Å²) in [6, 6.07) is 18.5. The van der Waals surface area contributed by atoms with Crippen molar-refractivity contribution in [3.8, 4) is 0 Å². The molecule has 0 spiro atoms. The highest BCUT2D eigenvalue weighted by molar-refractivity contribution is 7.80. The van der Waals surface area contributed by atoms with Gasteiger partial charge in [-0.3, -0.25) is 0 Å². The van der Waals surface area contributed by atoms with Gasteiger partial charge >= 0.3 is 0 Å². The third kappa shape index (κ3) is 7.95. The smallest absolute Gasteiger partial charge is 0.166 e. The van der Waals surface area contributed by atoms with Crippen LogP contribution in [0, 0.1) is 0 Å². The monoisotopic (exact) mass is 372 g/mol. The fourth-order valence-corrected chi connectivity index (χ4v) is 2.66. The number of ether oxygens (including phenoxy) is 2. The van der Waals surface area contributed by atoms with Crippen LogP contribution in [-0.2, 0) is 29.2 Å². The van der Waals surface area contributed by atoms with Crippen molar-refractivity contribution in [1.29, 1.82) is 0 Å². The summed E-state index contributed by atoms with van der Waals surface area (Å²) in [6.45, 7) is 6.21. The fourth-order valence-electron chi connectivity index (χ4n) is 2.48. The number of thiocarbonyl (C=S) groups is 1. The van der Waals surface area contributed by atoms with Crippen molar-refractivity contribution in [2.45, 2.75) is 33.1 Å². The molecule has 0 aliphatic rings. The number of rotatable bonds is 11. The molecule has 0 unspecified atom stereocenters. The zero-order valence-corrected chi connectivity index (χ0v) is 16.2. The second-order valence-electron chi connectivity index (χ2n) is 5.91. The highest BCUT2D eigenvalue weighted by Crippen LogP contribution is 2.11.